The zero-order valence-electron chi connectivity index (χ0n) is 17.1. The summed E-state index contributed by atoms with van der Waals surface area (Å²) in [5.74, 6) is 4.57. The molecule has 1 N–H and O–H groups in total. The highest BCUT2D eigenvalue weighted by Gasteiger charge is 2.35. The molecule has 1 saturated carbocycles. The summed E-state index contributed by atoms with van der Waals surface area (Å²) in [6, 6.07) is 8.18. The molecule has 7 heteroatoms. The third kappa shape index (κ3) is 6.94. The molecule has 2 bridgehead atoms. The van der Waals surface area contributed by atoms with Crippen LogP contribution in [0.4, 0.5) is 13.2 Å². The van der Waals surface area contributed by atoms with Gasteiger partial charge in [-0.3, -0.25) is 0 Å². The van der Waals surface area contributed by atoms with Crippen LogP contribution in [0.15, 0.2) is 41.1 Å². The first kappa shape index (κ1) is 23.5. The van der Waals surface area contributed by atoms with Gasteiger partial charge in [-0.2, -0.15) is 13.2 Å². The smallest absolute Gasteiger partial charge is 0.345 e. The van der Waals surface area contributed by atoms with Crippen molar-refractivity contribution in [1.82, 2.24) is 9.62 Å². The van der Waals surface area contributed by atoms with Gasteiger partial charge in [-0.25, -0.2) is 4.31 Å². The number of rotatable bonds is 4. The van der Waals surface area contributed by atoms with Crippen LogP contribution in [0.1, 0.15) is 44.1 Å². The molecular formula is C23H30F3N2PS. The van der Waals surface area contributed by atoms with E-state index in [1.165, 1.54) is 55.9 Å². The van der Waals surface area contributed by atoms with E-state index in [2.05, 4.69) is 23.3 Å². The lowest BCUT2D eigenvalue weighted by Crippen LogP contribution is -2.32. The van der Waals surface area contributed by atoms with Gasteiger partial charge in [-0.05, 0) is 80.6 Å². The molecule has 0 radical (unpaired) electrons. The Morgan fingerprint density at radius 2 is 2.00 bits per heavy atom. The minimum atomic E-state index is -4.32. The standard InChI is InChI=1S/C14H15F3N2S.C9H15P/c1-2-18-10-11-6-5-9-19(11)20-13-8-4-3-7-12(13)14(15,16)17;1-2-8-3-4-9(6-8)7-10-5-1/h1,3-4,7-8,11,18H,5-6,9-10H2;1,5,8-10H,2-4,6-7H2. The van der Waals surface area contributed by atoms with E-state index in [1.54, 1.807) is 6.07 Å². The Bertz CT molecular complexity index is 747. The molecule has 0 amide bonds. The summed E-state index contributed by atoms with van der Waals surface area (Å²) in [7, 11) is 1.12. The Balaban J connectivity index is 0.000000212. The SMILES string of the molecule is C#CNCC1CCCN1Sc1ccccc1C(F)(F)F.C1=CPCC2CCC(C1)C2. The highest BCUT2D eigenvalue weighted by molar-refractivity contribution is 7.97. The van der Waals surface area contributed by atoms with Gasteiger partial charge >= 0.3 is 6.18 Å². The van der Waals surface area contributed by atoms with Crippen molar-refractivity contribution < 1.29 is 13.2 Å². The second-order valence-electron chi connectivity index (χ2n) is 8.14. The zero-order chi connectivity index (χ0) is 21.4. The maximum Gasteiger partial charge on any atom is 0.417 e. The summed E-state index contributed by atoms with van der Waals surface area (Å²) < 4.78 is 40.8. The average Bonchev–Trinajstić information content (AvgIpc) is 3.35. The Morgan fingerprint density at radius 1 is 1.20 bits per heavy atom. The predicted molar refractivity (Wildman–Crippen MR) is 122 cm³/mol. The number of benzene rings is 1. The number of nitrogens with one attached hydrogen (secondary N) is 1. The Hall–Kier alpha value is -1.15. The number of nitrogens with zero attached hydrogens (tertiary/aromatic N) is 1. The molecule has 4 unspecified atom stereocenters. The van der Waals surface area contributed by atoms with Crippen LogP contribution >= 0.6 is 20.5 Å². The molecule has 1 saturated heterocycles. The molecular weight excluding hydrogens is 424 g/mol. The number of fused-ring (bicyclic) bond motifs is 2. The van der Waals surface area contributed by atoms with Crippen LogP contribution in [0, 0.1) is 24.3 Å². The summed E-state index contributed by atoms with van der Waals surface area (Å²) in [5, 5.41) is 2.80. The lowest BCUT2D eigenvalue weighted by atomic mass is 10.0. The van der Waals surface area contributed by atoms with Crippen molar-refractivity contribution in [2.75, 3.05) is 19.3 Å². The zero-order valence-corrected chi connectivity index (χ0v) is 18.9. The van der Waals surface area contributed by atoms with Crippen molar-refractivity contribution in [2.24, 2.45) is 11.8 Å². The highest BCUT2D eigenvalue weighted by atomic mass is 32.2. The van der Waals surface area contributed by atoms with Gasteiger partial charge in [0.05, 0.1) is 5.56 Å². The van der Waals surface area contributed by atoms with Crippen molar-refractivity contribution in [1.29, 1.82) is 0 Å². The van der Waals surface area contributed by atoms with E-state index < -0.39 is 11.7 Å². The van der Waals surface area contributed by atoms with Crippen molar-refractivity contribution in [2.45, 2.75) is 55.6 Å². The van der Waals surface area contributed by atoms with E-state index in [1.807, 2.05) is 4.31 Å². The van der Waals surface area contributed by atoms with Crippen LogP contribution in [0.3, 0.4) is 0 Å². The van der Waals surface area contributed by atoms with Gasteiger partial charge in [0.25, 0.3) is 0 Å². The normalized spacial score (nSPS) is 27.1. The molecule has 0 spiro atoms. The van der Waals surface area contributed by atoms with Gasteiger partial charge in [0, 0.05) is 30.1 Å². The summed E-state index contributed by atoms with van der Waals surface area (Å²) >= 11 is 1.17. The second-order valence-corrected chi connectivity index (χ2v) is 10.4. The number of alkyl halides is 3. The van der Waals surface area contributed by atoms with Gasteiger partial charge in [0.2, 0.25) is 0 Å². The Kier molecular flexibility index (Phi) is 8.98. The molecule has 164 valence electrons. The maximum atomic E-state index is 13.0. The van der Waals surface area contributed by atoms with Crippen LogP contribution in [0.25, 0.3) is 0 Å². The molecule has 4 atom stereocenters. The van der Waals surface area contributed by atoms with Gasteiger partial charge in [0.1, 0.15) is 0 Å². The van der Waals surface area contributed by atoms with Gasteiger partial charge in [0.15, 0.2) is 0 Å². The first-order chi connectivity index (χ1) is 14.5. The van der Waals surface area contributed by atoms with Crippen LogP contribution in [-0.2, 0) is 6.18 Å². The third-order valence-corrected chi connectivity index (χ3v) is 8.48. The topological polar surface area (TPSA) is 15.3 Å². The minimum Gasteiger partial charge on any atom is -0.345 e. The number of hydrogen-bond donors (Lipinski definition) is 1. The first-order valence-electron chi connectivity index (χ1n) is 10.6. The Morgan fingerprint density at radius 3 is 2.80 bits per heavy atom. The lowest BCUT2D eigenvalue weighted by Gasteiger charge is -2.24. The van der Waals surface area contributed by atoms with Crippen LogP contribution in [-0.4, -0.2) is 29.6 Å². The molecule has 2 aliphatic heterocycles. The number of hydrogen-bond acceptors (Lipinski definition) is 3. The molecule has 2 heterocycles. The molecule has 4 rings (SSSR count). The third-order valence-electron chi connectivity index (χ3n) is 5.93. The highest BCUT2D eigenvalue weighted by Crippen LogP contribution is 2.40. The summed E-state index contributed by atoms with van der Waals surface area (Å²) in [5.41, 5.74) is -0.583. The molecule has 2 nitrogen and oxygen atoms in total. The molecule has 0 aromatic heterocycles. The van der Waals surface area contributed by atoms with E-state index in [0.717, 1.165) is 45.9 Å². The minimum absolute atomic E-state index is 0.164. The van der Waals surface area contributed by atoms with Gasteiger partial charge in [-0.1, -0.05) is 39.0 Å². The molecule has 1 aromatic carbocycles. The molecule has 3 aliphatic rings. The van der Waals surface area contributed by atoms with E-state index >= 15 is 0 Å². The lowest BCUT2D eigenvalue weighted by molar-refractivity contribution is -0.139. The molecule has 30 heavy (non-hydrogen) atoms. The number of allylic oxidation sites excluding steroid dienone is 1. The van der Waals surface area contributed by atoms with Gasteiger partial charge in [-0.15, -0.1) is 0 Å². The fourth-order valence-electron chi connectivity index (χ4n) is 4.37. The number of terminal acetylenes is 1. The summed E-state index contributed by atoms with van der Waals surface area (Å²) in [6.45, 7) is 1.37. The fraction of sp³-hybridized carbons (Fsp3) is 0.565. The van der Waals surface area contributed by atoms with E-state index in [9.17, 15) is 13.2 Å². The van der Waals surface area contributed by atoms with E-state index in [-0.39, 0.29) is 10.9 Å². The van der Waals surface area contributed by atoms with Crippen LogP contribution < -0.4 is 5.32 Å². The van der Waals surface area contributed by atoms with Crippen molar-refractivity contribution >= 4 is 20.5 Å². The molecule has 2 fully saturated rings. The van der Waals surface area contributed by atoms with Crippen molar-refractivity contribution in [3.05, 3.63) is 41.7 Å². The van der Waals surface area contributed by atoms with Crippen LogP contribution in [0.5, 0.6) is 0 Å². The van der Waals surface area contributed by atoms with Crippen molar-refractivity contribution in [3.63, 3.8) is 0 Å². The predicted octanol–water partition coefficient (Wildman–Crippen LogP) is 6.36. The van der Waals surface area contributed by atoms with Crippen molar-refractivity contribution in [3.8, 4) is 12.5 Å². The van der Waals surface area contributed by atoms with Gasteiger partial charge < -0.3 is 5.32 Å². The largest absolute Gasteiger partial charge is 0.417 e. The number of halogens is 3. The molecule has 1 aromatic rings. The Labute approximate surface area is 184 Å². The first-order valence-corrected chi connectivity index (χ1v) is 12.7. The second kappa shape index (κ2) is 11.5. The average molecular weight is 455 g/mol. The fourth-order valence-corrected chi connectivity index (χ4v) is 6.74. The summed E-state index contributed by atoms with van der Waals surface area (Å²) in [4.78, 5) is 0.243. The summed E-state index contributed by atoms with van der Waals surface area (Å²) in [6.07, 6.45) is 12.6. The monoisotopic (exact) mass is 454 g/mol. The van der Waals surface area contributed by atoms with E-state index in [4.69, 9.17) is 6.42 Å². The van der Waals surface area contributed by atoms with Crippen LogP contribution in [0.2, 0.25) is 0 Å². The molecule has 1 aliphatic carbocycles. The van der Waals surface area contributed by atoms with E-state index in [0.29, 0.717) is 6.54 Å². The maximum absolute atomic E-state index is 13.0. The quantitative estimate of drug-likeness (QED) is 0.247.